The van der Waals surface area contributed by atoms with E-state index in [1.165, 1.54) is 22.8 Å². The molecule has 0 radical (unpaired) electrons. The van der Waals surface area contributed by atoms with Crippen LogP contribution in [0, 0.1) is 17.0 Å². The van der Waals surface area contributed by atoms with Crippen LogP contribution in [0.4, 0.5) is 11.4 Å². The number of hydrogen-bond donors (Lipinski definition) is 1. The number of nitro groups is 1. The summed E-state index contributed by atoms with van der Waals surface area (Å²) in [7, 11) is 0. The van der Waals surface area contributed by atoms with E-state index >= 15 is 0 Å². The van der Waals surface area contributed by atoms with Gasteiger partial charge in [-0.3, -0.25) is 14.9 Å². The lowest BCUT2D eigenvalue weighted by atomic mass is 10.2. The number of halogens is 1. The Bertz CT molecular complexity index is 1060. The first-order chi connectivity index (χ1) is 12.9. The van der Waals surface area contributed by atoms with Crippen LogP contribution in [0.1, 0.15) is 16.1 Å². The Morgan fingerprint density at radius 2 is 2.19 bits per heavy atom. The summed E-state index contributed by atoms with van der Waals surface area (Å²) in [4.78, 5) is 38.7. The summed E-state index contributed by atoms with van der Waals surface area (Å²) in [6.45, 7) is 0.977. The van der Waals surface area contributed by atoms with E-state index in [1.807, 2.05) is 0 Å². The van der Waals surface area contributed by atoms with E-state index in [4.69, 9.17) is 16.3 Å². The van der Waals surface area contributed by atoms with Gasteiger partial charge in [-0.05, 0) is 25.1 Å². The Labute approximate surface area is 156 Å². The molecule has 0 aliphatic heterocycles. The molecule has 0 spiro atoms. The molecule has 0 atom stereocenters. The quantitative estimate of drug-likeness (QED) is 0.403. The lowest BCUT2D eigenvalue weighted by molar-refractivity contribution is -0.383. The minimum Gasteiger partial charge on any atom is -0.452 e. The van der Waals surface area contributed by atoms with Crippen molar-refractivity contribution in [2.75, 3.05) is 11.9 Å². The highest BCUT2D eigenvalue weighted by molar-refractivity contribution is 6.31. The molecule has 0 saturated heterocycles. The van der Waals surface area contributed by atoms with Crippen LogP contribution < -0.4 is 5.32 Å². The normalized spacial score (nSPS) is 10.6. The third kappa shape index (κ3) is 3.85. The number of nitro benzene ring substituents is 1. The van der Waals surface area contributed by atoms with Gasteiger partial charge in [0.15, 0.2) is 12.3 Å². The number of anilines is 1. The maximum absolute atomic E-state index is 12.3. The van der Waals surface area contributed by atoms with Crippen LogP contribution in [-0.2, 0) is 9.53 Å². The molecule has 1 aromatic carbocycles. The van der Waals surface area contributed by atoms with Crippen LogP contribution in [0.2, 0.25) is 5.02 Å². The molecule has 2 heterocycles. The second-order valence-electron chi connectivity index (χ2n) is 5.39. The highest BCUT2D eigenvalue weighted by Crippen LogP contribution is 2.27. The zero-order valence-corrected chi connectivity index (χ0v) is 14.6. The van der Waals surface area contributed by atoms with Crippen LogP contribution in [0.25, 0.3) is 5.65 Å². The molecule has 11 heteroatoms. The van der Waals surface area contributed by atoms with Crippen molar-refractivity contribution < 1.29 is 19.2 Å². The van der Waals surface area contributed by atoms with Crippen molar-refractivity contribution in [3.05, 3.63) is 63.1 Å². The lowest BCUT2D eigenvalue weighted by Gasteiger charge is -2.07. The van der Waals surface area contributed by atoms with Crippen molar-refractivity contribution >= 4 is 40.5 Å². The SMILES string of the molecule is Cc1nn2cccnc2c1C(=O)OCC(=O)Nc1ccc(Cl)cc1[N+](=O)[O-]. The van der Waals surface area contributed by atoms with E-state index in [0.717, 1.165) is 6.07 Å². The average molecular weight is 390 g/mol. The molecule has 3 rings (SSSR count). The monoisotopic (exact) mass is 389 g/mol. The first-order valence-corrected chi connectivity index (χ1v) is 7.95. The first kappa shape index (κ1) is 18.3. The number of rotatable bonds is 5. The van der Waals surface area contributed by atoms with Crippen LogP contribution in [0.3, 0.4) is 0 Å². The van der Waals surface area contributed by atoms with E-state index in [-0.39, 0.29) is 22.0 Å². The van der Waals surface area contributed by atoms with Gasteiger partial charge >= 0.3 is 5.97 Å². The second-order valence-corrected chi connectivity index (χ2v) is 5.83. The van der Waals surface area contributed by atoms with Crippen molar-refractivity contribution in [3.8, 4) is 0 Å². The summed E-state index contributed by atoms with van der Waals surface area (Å²) in [5, 5.41) is 17.6. The summed E-state index contributed by atoms with van der Waals surface area (Å²) in [5.41, 5.74) is 0.409. The number of fused-ring (bicyclic) bond motifs is 1. The molecule has 2 aromatic heterocycles. The predicted molar refractivity (Wildman–Crippen MR) is 94.7 cm³/mol. The fourth-order valence-corrected chi connectivity index (χ4v) is 2.55. The molecule has 1 amide bonds. The number of ether oxygens (including phenoxy) is 1. The summed E-state index contributed by atoms with van der Waals surface area (Å²) in [6, 6.07) is 5.45. The molecular formula is C16H12ClN5O5. The van der Waals surface area contributed by atoms with Crippen LogP contribution >= 0.6 is 11.6 Å². The molecule has 0 unspecified atom stereocenters. The van der Waals surface area contributed by atoms with E-state index in [9.17, 15) is 19.7 Å². The highest BCUT2D eigenvalue weighted by atomic mass is 35.5. The molecule has 3 aromatic rings. The highest BCUT2D eigenvalue weighted by Gasteiger charge is 2.21. The topological polar surface area (TPSA) is 129 Å². The Morgan fingerprint density at radius 3 is 2.93 bits per heavy atom. The Hall–Kier alpha value is -3.53. The molecule has 0 aliphatic rings. The van der Waals surface area contributed by atoms with Gasteiger partial charge < -0.3 is 10.1 Å². The standard InChI is InChI=1S/C16H12ClN5O5/c1-9-14(15-18-5-2-6-21(15)20-9)16(24)27-8-13(23)19-11-4-3-10(17)7-12(11)22(25)26/h2-7H,8H2,1H3,(H,19,23). The van der Waals surface area contributed by atoms with Crippen molar-refractivity contribution in [1.82, 2.24) is 14.6 Å². The smallest absolute Gasteiger partial charge is 0.344 e. The summed E-state index contributed by atoms with van der Waals surface area (Å²) in [5.74, 6) is -1.52. The summed E-state index contributed by atoms with van der Waals surface area (Å²) >= 11 is 5.72. The molecule has 138 valence electrons. The first-order valence-electron chi connectivity index (χ1n) is 7.57. The zero-order chi connectivity index (χ0) is 19.6. The summed E-state index contributed by atoms with van der Waals surface area (Å²) in [6.07, 6.45) is 3.12. The van der Waals surface area contributed by atoms with Crippen molar-refractivity contribution in [2.45, 2.75) is 6.92 Å². The molecule has 0 fully saturated rings. The minimum atomic E-state index is -0.776. The number of hydrogen-bond acceptors (Lipinski definition) is 7. The number of amides is 1. The Kier molecular flexibility index (Phi) is 4.99. The number of esters is 1. The van der Waals surface area contributed by atoms with Gasteiger partial charge in [-0.2, -0.15) is 5.10 Å². The average Bonchev–Trinajstić information content (AvgIpc) is 2.96. The van der Waals surface area contributed by atoms with Gasteiger partial charge in [-0.1, -0.05) is 11.6 Å². The minimum absolute atomic E-state index is 0.0562. The van der Waals surface area contributed by atoms with E-state index in [0.29, 0.717) is 11.3 Å². The van der Waals surface area contributed by atoms with Crippen molar-refractivity contribution in [2.24, 2.45) is 0 Å². The summed E-state index contributed by atoms with van der Waals surface area (Å²) < 4.78 is 6.41. The Morgan fingerprint density at radius 1 is 1.41 bits per heavy atom. The fraction of sp³-hybridized carbons (Fsp3) is 0.125. The van der Waals surface area contributed by atoms with Crippen molar-refractivity contribution in [1.29, 1.82) is 0 Å². The molecule has 0 saturated carbocycles. The number of benzene rings is 1. The second kappa shape index (κ2) is 7.38. The van der Waals surface area contributed by atoms with Gasteiger partial charge in [0, 0.05) is 23.5 Å². The van der Waals surface area contributed by atoms with E-state index in [1.54, 1.807) is 19.2 Å². The van der Waals surface area contributed by atoms with Gasteiger partial charge in [0.1, 0.15) is 11.3 Å². The van der Waals surface area contributed by atoms with Crippen LogP contribution in [0.5, 0.6) is 0 Å². The lowest BCUT2D eigenvalue weighted by Crippen LogP contribution is -2.21. The van der Waals surface area contributed by atoms with E-state index < -0.39 is 23.4 Å². The number of carbonyl (C=O) groups is 2. The number of aromatic nitrogens is 3. The van der Waals surface area contributed by atoms with Gasteiger partial charge in [-0.25, -0.2) is 14.3 Å². The number of carbonyl (C=O) groups excluding carboxylic acids is 2. The molecular weight excluding hydrogens is 378 g/mol. The van der Waals surface area contributed by atoms with Crippen molar-refractivity contribution in [3.63, 3.8) is 0 Å². The number of aryl methyl sites for hydroxylation is 1. The number of nitrogens with one attached hydrogen (secondary N) is 1. The van der Waals surface area contributed by atoms with Crippen LogP contribution in [-0.4, -0.2) is 38.0 Å². The van der Waals surface area contributed by atoms with E-state index in [2.05, 4.69) is 15.4 Å². The maximum Gasteiger partial charge on any atom is 0.344 e. The molecule has 27 heavy (non-hydrogen) atoms. The molecule has 0 aliphatic carbocycles. The van der Waals surface area contributed by atoms with Gasteiger partial charge in [0.2, 0.25) is 0 Å². The largest absolute Gasteiger partial charge is 0.452 e. The Balaban J connectivity index is 1.70. The van der Waals surface area contributed by atoms with Gasteiger partial charge in [0.05, 0.1) is 10.6 Å². The molecule has 1 N–H and O–H groups in total. The maximum atomic E-state index is 12.3. The molecule has 0 bridgehead atoms. The fourth-order valence-electron chi connectivity index (χ4n) is 2.39. The van der Waals surface area contributed by atoms with Gasteiger partial charge in [-0.15, -0.1) is 0 Å². The predicted octanol–water partition coefficient (Wildman–Crippen LogP) is 2.39. The third-order valence-electron chi connectivity index (χ3n) is 3.54. The van der Waals surface area contributed by atoms with Gasteiger partial charge in [0.25, 0.3) is 11.6 Å². The molecule has 10 nitrogen and oxygen atoms in total. The third-order valence-corrected chi connectivity index (χ3v) is 3.77. The number of nitrogens with zero attached hydrogens (tertiary/aromatic N) is 4. The zero-order valence-electron chi connectivity index (χ0n) is 13.9. The van der Waals surface area contributed by atoms with Crippen LogP contribution in [0.15, 0.2) is 36.7 Å².